The molecule has 33 heavy (non-hydrogen) atoms. The smallest absolute Gasteiger partial charge is 0.225 e. The van der Waals surface area contributed by atoms with Crippen LogP contribution in [0.4, 0.5) is 5.95 Å². The van der Waals surface area contributed by atoms with E-state index < -0.39 is 0 Å². The largest absolute Gasteiger partial charge is 0.354 e. The zero-order valence-corrected chi connectivity index (χ0v) is 20.6. The number of carbonyl (C=O) groups is 2. The maximum Gasteiger partial charge on any atom is 0.225 e. The van der Waals surface area contributed by atoms with Crippen LogP contribution in [-0.4, -0.2) is 64.3 Å². The second-order valence-electron chi connectivity index (χ2n) is 8.67. The Hall–Kier alpha value is -2.09. The molecular formula is C23H26Cl3N5O2. The Balaban J connectivity index is 1.48. The minimum absolute atomic E-state index is 0.0543. The summed E-state index contributed by atoms with van der Waals surface area (Å²) in [6.45, 7) is 4.67. The second-order valence-corrected chi connectivity index (χ2v) is 9.92. The molecule has 0 bridgehead atoms. The van der Waals surface area contributed by atoms with Crippen molar-refractivity contribution in [1.29, 1.82) is 0 Å². The summed E-state index contributed by atoms with van der Waals surface area (Å²) < 4.78 is 0. The van der Waals surface area contributed by atoms with Crippen LogP contribution in [0.25, 0.3) is 0 Å². The Morgan fingerprint density at radius 3 is 2.36 bits per heavy atom. The summed E-state index contributed by atoms with van der Waals surface area (Å²) in [5.74, 6) is 0.907. The zero-order valence-electron chi connectivity index (χ0n) is 18.3. The maximum absolute atomic E-state index is 13.3. The van der Waals surface area contributed by atoms with Gasteiger partial charge in [0.05, 0.1) is 27.5 Å². The van der Waals surface area contributed by atoms with Crippen molar-refractivity contribution in [3.8, 4) is 0 Å². The lowest BCUT2D eigenvalue weighted by Gasteiger charge is -2.32. The van der Waals surface area contributed by atoms with E-state index in [-0.39, 0.29) is 29.6 Å². The number of likely N-dealkylation sites (tertiary alicyclic amines) is 2. The van der Waals surface area contributed by atoms with Gasteiger partial charge in [0.1, 0.15) is 0 Å². The number of aromatic nitrogens is 2. The highest BCUT2D eigenvalue weighted by Crippen LogP contribution is 2.37. The van der Waals surface area contributed by atoms with Crippen LogP contribution < -0.4 is 5.32 Å². The number of rotatable bonds is 5. The van der Waals surface area contributed by atoms with Crippen molar-refractivity contribution < 1.29 is 9.59 Å². The molecule has 1 N–H and O–H groups in total. The average molecular weight is 511 g/mol. The van der Waals surface area contributed by atoms with Crippen LogP contribution in [0, 0.1) is 11.8 Å². The Labute approximate surface area is 208 Å². The molecule has 1 aromatic carbocycles. The second kappa shape index (κ2) is 10.5. The van der Waals surface area contributed by atoms with Crippen LogP contribution >= 0.6 is 34.8 Å². The maximum atomic E-state index is 13.3. The number of halogens is 3. The third-order valence-electron chi connectivity index (χ3n) is 6.56. The molecule has 2 saturated heterocycles. The van der Waals surface area contributed by atoms with E-state index in [2.05, 4.69) is 15.3 Å². The Morgan fingerprint density at radius 1 is 1.03 bits per heavy atom. The molecule has 0 aliphatic carbocycles. The molecule has 4 rings (SSSR count). The first kappa shape index (κ1) is 24.0. The molecule has 10 heteroatoms. The van der Waals surface area contributed by atoms with E-state index in [4.69, 9.17) is 34.8 Å². The van der Waals surface area contributed by atoms with E-state index in [1.807, 2.05) is 21.9 Å². The van der Waals surface area contributed by atoms with E-state index in [1.165, 1.54) is 0 Å². The fraction of sp³-hybridized carbons (Fsp3) is 0.478. The van der Waals surface area contributed by atoms with E-state index in [0.717, 1.165) is 5.56 Å². The van der Waals surface area contributed by atoms with Crippen molar-refractivity contribution in [3.05, 3.63) is 51.2 Å². The lowest BCUT2D eigenvalue weighted by atomic mass is 9.89. The monoisotopic (exact) mass is 509 g/mol. The topological polar surface area (TPSA) is 78.4 Å². The van der Waals surface area contributed by atoms with E-state index >= 15 is 0 Å². The molecule has 0 unspecified atom stereocenters. The van der Waals surface area contributed by atoms with Gasteiger partial charge in [-0.3, -0.25) is 9.59 Å². The van der Waals surface area contributed by atoms with Crippen LogP contribution in [0.15, 0.2) is 30.6 Å². The van der Waals surface area contributed by atoms with Gasteiger partial charge < -0.3 is 15.1 Å². The fourth-order valence-corrected chi connectivity index (χ4v) is 5.11. The lowest BCUT2D eigenvalue weighted by molar-refractivity contribution is -0.139. The summed E-state index contributed by atoms with van der Waals surface area (Å²) in [5.41, 5.74) is 1.05. The Morgan fingerprint density at radius 2 is 1.73 bits per heavy atom. The Kier molecular flexibility index (Phi) is 7.62. The number of carbonyl (C=O) groups excluding carboxylic acids is 2. The average Bonchev–Trinajstić information content (AvgIpc) is 3.24. The number of benzene rings is 1. The normalized spacial score (nSPS) is 21.3. The molecule has 0 spiro atoms. The highest BCUT2D eigenvalue weighted by Gasteiger charge is 2.39. The highest BCUT2D eigenvalue weighted by molar-refractivity contribution is 6.42. The molecule has 2 aromatic rings. The molecule has 0 radical (unpaired) electrons. The van der Waals surface area contributed by atoms with Gasteiger partial charge in [0.25, 0.3) is 0 Å². The van der Waals surface area contributed by atoms with Crippen molar-refractivity contribution in [2.24, 2.45) is 11.8 Å². The SMILES string of the molecule is CC(=O)N1CCC(C(=O)N2C[C@H](CNc3ncc(Cl)cn3)[C@@H](c3ccc(Cl)c(Cl)c3)C2)CC1. The first-order chi connectivity index (χ1) is 15.8. The third kappa shape index (κ3) is 5.70. The van der Waals surface area contributed by atoms with Gasteiger partial charge >= 0.3 is 0 Å². The van der Waals surface area contributed by atoms with Gasteiger partial charge in [-0.15, -0.1) is 0 Å². The molecule has 2 aliphatic heterocycles. The fourth-order valence-electron chi connectivity index (χ4n) is 4.70. The van der Waals surface area contributed by atoms with Gasteiger partial charge in [-0.1, -0.05) is 40.9 Å². The molecule has 2 atom stereocenters. The van der Waals surface area contributed by atoms with Crippen LogP contribution in [0.5, 0.6) is 0 Å². The number of hydrogen-bond acceptors (Lipinski definition) is 5. The molecule has 176 valence electrons. The number of piperidine rings is 1. The predicted octanol–water partition coefficient (Wildman–Crippen LogP) is 4.35. The van der Waals surface area contributed by atoms with Crippen molar-refractivity contribution in [1.82, 2.24) is 19.8 Å². The molecule has 1 aromatic heterocycles. The lowest BCUT2D eigenvalue weighted by Crippen LogP contribution is -2.43. The van der Waals surface area contributed by atoms with Crippen LogP contribution in [0.1, 0.15) is 31.2 Å². The highest BCUT2D eigenvalue weighted by atomic mass is 35.5. The molecule has 0 saturated carbocycles. The molecule has 2 fully saturated rings. The standard InChI is InChI=1S/C23H26Cl3N5O2/c1-14(32)30-6-4-15(5-7-30)22(33)31-12-17(9-27-23-28-10-18(24)11-29-23)19(13-31)16-2-3-20(25)21(26)8-16/h2-3,8,10-11,15,17,19H,4-7,9,12-13H2,1H3,(H,27,28,29)/t17-,19+/m0/s1. The first-order valence-corrected chi connectivity index (χ1v) is 12.2. The molecule has 3 heterocycles. The summed E-state index contributed by atoms with van der Waals surface area (Å²) in [4.78, 5) is 37.1. The number of nitrogens with zero attached hydrogens (tertiary/aromatic N) is 4. The molecular weight excluding hydrogens is 485 g/mol. The van der Waals surface area contributed by atoms with Gasteiger partial charge in [0.2, 0.25) is 17.8 Å². The van der Waals surface area contributed by atoms with Crippen molar-refractivity contribution in [2.45, 2.75) is 25.7 Å². The van der Waals surface area contributed by atoms with E-state index in [1.54, 1.807) is 25.4 Å². The van der Waals surface area contributed by atoms with E-state index in [0.29, 0.717) is 66.6 Å². The zero-order chi connectivity index (χ0) is 23.5. The quantitative estimate of drug-likeness (QED) is 0.647. The van der Waals surface area contributed by atoms with Gasteiger partial charge in [-0.05, 0) is 30.5 Å². The van der Waals surface area contributed by atoms with Gasteiger partial charge in [-0.25, -0.2) is 9.97 Å². The van der Waals surface area contributed by atoms with Gasteiger partial charge in [0.15, 0.2) is 0 Å². The first-order valence-electron chi connectivity index (χ1n) is 11.0. The summed E-state index contributed by atoms with van der Waals surface area (Å²) in [6.07, 6.45) is 4.50. The summed E-state index contributed by atoms with van der Waals surface area (Å²) >= 11 is 18.3. The van der Waals surface area contributed by atoms with Gasteiger partial charge in [-0.2, -0.15) is 0 Å². The molecule has 7 nitrogen and oxygen atoms in total. The van der Waals surface area contributed by atoms with Gasteiger partial charge in [0, 0.05) is 57.4 Å². The number of amides is 2. The van der Waals surface area contributed by atoms with Crippen LogP contribution in [-0.2, 0) is 9.59 Å². The Bertz CT molecular complexity index is 1010. The van der Waals surface area contributed by atoms with Crippen molar-refractivity contribution in [2.75, 3.05) is 38.0 Å². The van der Waals surface area contributed by atoms with Crippen molar-refractivity contribution >= 4 is 52.6 Å². The third-order valence-corrected chi connectivity index (χ3v) is 7.49. The predicted molar refractivity (Wildman–Crippen MR) is 130 cm³/mol. The molecule has 2 amide bonds. The number of hydrogen-bond donors (Lipinski definition) is 1. The minimum atomic E-state index is -0.0543. The van der Waals surface area contributed by atoms with Crippen LogP contribution in [0.2, 0.25) is 15.1 Å². The summed E-state index contributed by atoms with van der Waals surface area (Å²) in [6, 6.07) is 5.66. The summed E-state index contributed by atoms with van der Waals surface area (Å²) in [5, 5.41) is 4.76. The van der Waals surface area contributed by atoms with E-state index in [9.17, 15) is 9.59 Å². The summed E-state index contributed by atoms with van der Waals surface area (Å²) in [7, 11) is 0. The molecule has 2 aliphatic rings. The van der Waals surface area contributed by atoms with Crippen molar-refractivity contribution in [3.63, 3.8) is 0 Å². The minimum Gasteiger partial charge on any atom is -0.354 e. The number of nitrogens with one attached hydrogen (secondary N) is 1. The van der Waals surface area contributed by atoms with Crippen LogP contribution in [0.3, 0.4) is 0 Å². The number of anilines is 1.